The molecular weight excluding hydrogens is 408 g/mol. The van der Waals surface area contributed by atoms with Gasteiger partial charge in [-0.15, -0.1) is 16.8 Å². The Kier molecular flexibility index (Phi) is 8.29. The number of nitrogens with zero attached hydrogens (tertiary/aromatic N) is 3. The van der Waals surface area contributed by atoms with Crippen molar-refractivity contribution in [3.63, 3.8) is 0 Å². The van der Waals surface area contributed by atoms with E-state index in [2.05, 4.69) is 48.1 Å². The van der Waals surface area contributed by atoms with E-state index < -0.39 is 0 Å². The van der Waals surface area contributed by atoms with Gasteiger partial charge in [0.1, 0.15) is 12.4 Å². The van der Waals surface area contributed by atoms with E-state index in [0.717, 1.165) is 35.4 Å². The van der Waals surface area contributed by atoms with Crippen molar-refractivity contribution in [2.45, 2.75) is 45.0 Å². The maximum Gasteiger partial charge on any atom is 0.234 e. The van der Waals surface area contributed by atoms with Gasteiger partial charge in [-0.1, -0.05) is 68.1 Å². The molecule has 0 aliphatic heterocycles. The molecular formula is C24H28N4O2S. The van der Waals surface area contributed by atoms with Gasteiger partial charge in [-0.05, 0) is 36.1 Å². The molecule has 1 amide bonds. The Labute approximate surface area is 187 Å². The normalized spacial score (nSPS) is 10.6. The van der Waals surface area contributed by atoms with Crippen LogP contribution in [-0.4, -0.2) is 26.4 Å². The number of nitrogens with one attached hydrogen (secondary N) is 1. The van der Waals surface area contributed by atoms with Crippen LogP contribution in [0.15, 0.2) is 66.3 Å². The van der Waals surface area contributed by atoms with Crippen molar-refractivity contribution in [3.8, 4) is 5.75 Å². The molecule has 0 unspecified atom stereocenters. The number of ether oxygens (including phenoxy) is 1. The predicted octanol–water partition coefficient (Wildman–Crippen LogP) is 4.90. The van der Waals surface area contributed by atoms with Crippen molar-refractivity contribution in [2.75, 3.05) is 11.1 Å². The van der Waals surface area contributed by atoms with E-state index in [1.165, 1.54) is 11.8 Å². The Morgan fingerprint density at radius 1 is 1.10 bits per heavy atom. The minimum Gasteiger partial charge on any atom is -0.486 e. The van der Waals surface area contributed by atoms with Crippen LogP contribution in [0.1, 0.15) is 30.8 Å². The average Bonchev–Trinajstić information content (AvgIpc) is 3.18. The maximum atomic E-state index is 12.7. The van der Waals surface area contributed by atoms with Gasteiger partial charge >= 0.3 is 0 Å². The van der Waals surface area contributed by atoms with Crippen molar-refractivity contribution in [3.05, 3.63) is 78.1 Å². The highest BCUT2D eigenvalue weighted by atomic mass is 32.2. The first-order valence-electron chi connectivity index (χ1n) is 10.4. The van der Waals surface area contributed by atoms with Crippen molar-refractivity contribution < 1.29 is 9.53 Å². The molecule has 0 aliphatic carbocycles. The SMILES string of the molecule is C=CCn1c(COc2ccccc2)nnc1SCC(=O)Nc1c(CC)cccc1CC. The molecule has 0 atom stereocenters. The van der Waals surface area contributed by atoms with Gasteiger partial charge in [0.05, 0.1) is 5.75 Å². The third-order valence-electron chi connectivity index (χ3n) is 4.81. The van der Waals surface area contributed by atoms with Gasteiger partial charge in [0, 0.05) is 12.2 Å². The van der Waals surface area contributed by atoms with Crippen LogP contribution in [0.3, 0.4) is 0 Å². The largest absolute Gasteiger partial charge is 0.486 e. The third-order valence-corrected chi connectivity index (χ3v) is 5.78. The third kappa shape index (κ3) is 5.98. The molecule has 0 bridgehead atoms. The summed E-state index contributed by atoms with van der Waals surface area (Å²) in [6.45, 7) is 8.84. The highest BCUT2D eigenvalue weighted by Crippen LogP contribution is 2.24. The lowest BCUT2D eigenvalue weighted by atomic mass is 10.0. The van der Waals surface area contributed by atoms with Gasteiger partial charge in [0.15, 0.2) is 11.0 Å². The van der Waals surface area contributed by atoms with Gasteiger partial charge in [-0.3, -0.25) is 9.36 Å². The van der Waals surface area contributed by atoms with Gasteiger partial charge in [-0.25, -0.2) is 0 Å². The second-order valence-electron chi connectivity index (χ2n) is 6.90. The Morgan fingerprint density at radius 2 is 1.81 bits per heavy atom. The zero-order chi connectivity index (χ0) is 22.1. The summed E-state index contributed by atoms with van der Waals surface area (Å²) in [7, 11) is 0. The van der Waals surface area contributed by atoms with E-state index in [9.17, 15) is 4.79 Å². The first-order valence-corrected chi connectivity index (χ1v) is 11.4. The molecule has 1 heterocycles. The molecule has 0 saturated carbocycles. The number of carbonyl (C=O) groups excluding carboxylic acids is 1. The highest BCUT2D eigenvalue weighted by molar-refractivity contribution is 7.99. The molecule has 31 heavy (non-hydrogen) atoms. The van der Waals surface area contributed by atoms with Crippen LogP contribution >= 0.6 is 11.8 Å². The Hall–Kier alpha value is -3.06. The molecule has 162 valence electrons. The monoisotopic (exact) mass is 436 g/mol. The zero-order valence-electron chi connectivity index (χ0n) is 18.0. The topological polar surface area (TPSA) is 69.0 Å². The molecule has 3 aromatic rings. The van der Waals surface area contributed by atoms with Gasteiger partial charge < -0.3 is 10.1 Å². The molecule has 0 radical (unpaired) electrons. The summed E-state index contributed by atoms with van der Waals surface area (Å²) in [6.07, 6.45) is 3.52. The van der Waals surface area contributed by atoms with Gasteiger partial charge in [-0.2, -0.15) is 0 Å². The molecule has 1 N–H and O–H groups in total. The molecule has 0 fully saturated rings. The van der Waals surface area contributed by atoms with Crippen molar-refractivity contribution in [1.29, 1.82) is 0 Å². The van der Waals surface area contributed by atoms with Crippen LogP contribution in [-0.2, 0) is 30.8 Å². The summed E-state index contributed by atoms with van der Waals surface area (Å²) in [5.41, 5.74) is 3.23. The molecule has 7 heteroatoms. The number of allylic oxidation sites excluding steroid dienone is 1. The summed E-state index contributed by atoms with van der Waals surface area (Å²) < 4.78 is 7.72. The lowest BCUT2D eigenvalue weighted by molar-refractivity contribution is -0.113. The average molecular weight is 437 g/mol. The summed E-state index contributed by atoms with van der Waals surface area (Å²) >= 11 is 1.36. The van der Waals surface area contributed by atoms with Crippen molar-refractivity contribution in [1.82, 2.24) is 14.8 Å². The van der Waals surface area contributed by atoms with Crippen LogP contribution in [0, 0.1) is 0 Å². The highest BCUT2D eigenvalue weighted by Gasteiger charge is 2.15. The number of rotatable bonds is 11. The predicted molar refractivity (Wildman–Crippen MR) is 126 cm³/mol. The number of hydrogen-bond acceptors (Lipinski definition) is 5. The summed E-state index contributed by atoms with van der Waals surface area (Å²) in [4.78, 5) is 12.7. The fourth-order valence-corrected chi connectivity index (χ4v) is 3.98. The number of benzene rings is 2. The number of anilines is 1. The molecule has 1 aromatic heterocycles. The molecule has 2 aromatic carbocycles. The number of carbonyl (C=O) groups is 1. The number of amides is 1. The van der Waals surface area contributed by atoms with Crippen LogP contribution < -0.4 is 10.1 Å². The first kappa shape index (κ1) is 22.6. The maximum absolute atomic E-state index is 12.7. The van der Waals surface area contributed by atoms with E-state index in [-0.39, 0.29) is 11.7 Å². The second-order valence-corrected chi connectivity index (χ2v) is 7.84. The number of hydrogen-bond donors (Lipinski definition) is 1. The lowest BCUT2D eigenvalue weighted by Crippen LogP contribution is -2.17. The molecule has 0 spiro atoms. The smallest absolute Gasteiger partial charge is 0.234 e. The molecule has 3 rings (SSSR count). The molecule has 6 nitrogen and oxygen atoms in total. The summed E-state index contributed by atoms with van der Waals surface area (Å²) in [5, 5.41) is 12.3. The standard InChI is InChI=1S/C24H28N4O2S/c1-4-15-28-21(16-30-20-13-8-7-9-14-20)26-27-24(28)31-17-22(29)25-23-18(5-2)11-10-12-19(23)6-3/h4,7-14H,1,5-6,15-17H2,2-3H3,(H,25,29). The first-order chi connectivity index (χ1) is 15.2. The van der Waals surface area contributed by atoms with Crippen molar-refractivity contribution in [2.24, 2.45) is 0 Å². The summed E-state index contributed by atoms with van der Waals surface area (Å²) in [5.74, 6) is 1.65. The second kappa shape index (κ2) is 11.4. The van der Waals surface area contributed by atoms with Crippen LogP contribution in [0.25, 0.3) is 0 Å². The van der Waals surface area contributed by atoms with Crippen LogP contribution in [0.2, 0.25) is 0 Å². The Balaban J connectivity index is 1.65. The number of thioether (sulfide) groups is 1. The fraction of sp³-hybridized carbons (Fsp3) is 0.292. The number of aromatic nitrogens is 3. The van der Waals surface area contributed by atoms with Gasteiger partial charge in [0.25, 0.3) is 0 Å². The van der Waals surface area contributed by atoms with Gasteiger partial charge in [0.2, 0.25) is 5.91 Å². The zero-order valence-corrected chi connectivity index (χ0v) is 18.8. The number of para-hydroxylation sites is 2. The minimum absolute atomic E-state index is 0.0594. The summed E-state index contributed by atoms with van der Waals surface area (Å²) in [6, 6.07) is 15.7. The van der Waals surface area contributed by atoms with Crippen molar-refractivity contribution >= 4 is 23.4 Å². The fourth-order valence-electron chi connectivity index (χ4n) is 3.22. The minimum atomic E-state index is -0.0594. The number of aryl methyl sites for hydroxylation is 2. The quantitative estimate of drug-likeness (QED) is 0.342. The van der Waals surface area contributed by atoms with E-state index in [1.54, 1.807) is 6.08 Å². The van der Waals surface area contributed by atoms with E-state index in [4.69, 9.17) is 4.74 Å². The lowest BCUT2D eigenvalue weighted by Gasteiger charge is -2.14. The van der Waals surface area contributed by atoms with Crippen LogP contribution in [0.5, 0.6) is 5.75 Å². The van der Waals surface area contributed by atoms with E-state index in [1.807, 2.05) is 41.0 Å². The van der Waals surface area contributed by atoms with E-state index in [0.29, 0.717) is 24.1 Å². The molecule has 0 saturated heterocycles. The Bertz CT molecular complexity index is 995. The molecule has 0 aliphatic rings. The van der Waals surface area contributed by atoms with E-state index >= 15 is 0 Å². The Morgan fingerprint density at radius 3 is 2.45 bits per heavy atom. The van der Waals surface area contributed by atoms with Crippen LogP contribution in [0.4, 0.5) is 5.69 Å².